The molecule has 0 saturated carbocycles. The molecule has 1 aliphatic rings. The van der Waals surface area contributed by atoms with Gasteiger partial charge in [-0.15, -0.1) is 0 Å². The van der Waals surface area contributed by atoms with Gasteiger partial charge in [-0.2, -0.15) is 0 Å². The fourth-order valence-electron chi connectivity index (χ4n) is 3.38. The summed E-state index contributed by atoms with van der Waals surface area (Å²) in [5.74, 6) is -5.56. The van der Waals surface area contributed by atoms with Gasteiger partial charge in [0, 0.05) is 36.5 Å². The van der Waals surface area contributed by atoms with Crippen LogP contribution < -0.4 is 10.2 Å². The molecule has 1 saturated heterocycles. The van der Waals surface area contributed by atoms with Crippen molar-refractivity contribution in [2.45, 2.75) is 25.9 Å². The van der Waals surface area contributed by atoms with Gasteiger partial charge in [0.25, 0.3) is 5.91 Å². The lowest BCUT2D eigenvalue weighted by Gasteiger charge is -2.25. The van der Waals surface area contributed by atoms with E-state index in [1.807, 2.05) is 20.5 Å². The van der Waals surface area contributed by atoms with Gasteiger partial charge >= 0.3 is 0 Å². The van der Waals surface area contributed by atoms with Crippen LogP contribution in [0.2, 0.25) is 0 Å². The zero-order valence-corrected chi connectivity index (χ0v) is 17.4. The standard InChI is InChI=1S/C20H20F4N2O2.2CH2O/c1-11-6-14(27)4-5-26(10-11)18-7-12(2-3-15(18)21)20(28)25-13-8-16(22)19(24)17(23)9-13;2*1-2/h2-3,7-9,11,14,27H,4-6,10H2,1H3,(H,25,28);2*1H2. The number of hydrogen-bond donors (Lipinski definition) is 2. The van der Waals surface area contributed by atoms with Gasteiger partial charge in [0.15, 0.2) is 17.5 Å². The molecule has 0 spiro atoms. The number of benzene rings is 2. The molecule has 32 heavy (non-hydrogen) atoms. The molecule has 1 fully saturated rings. The molecular weight excluding hydrogens is 432 g/mol. The van der Waals surface area contributed by atoms with Crippen LogP contribution in [0.4, 0.5) is 28.9 Å². The van der Waals surface area contributed by atoms with E-state index in [4.69, 9.17) is 9.59 Å². The predicted octanol–water partition coefficient (Wildman–Crippen LogP) is 3.72. The quantitative estimate of drug-likeness (QED) is 0.543. The number of carbonyl (C=O) groups excluding carboxylic acids is 3. The number of nitrogens with one attached hydrogen (secondary N) is 1. The molecule has 1 aliphatic heterocycles. The summed E-state index contributed by atoms with van der Waals surface area (Å²) in [6, 6.07) is 5.07. The molecule has 2 N–H and O–H groups in total. The third kappa shape index (κ3) is 6.88. The second kappa shape index (κ2) is 12.6. The van der Waals surface area contributed by atoms with Crippen LogP contribution in [-0.2, 0) is 9.59 Å². The minimum atomic E-state index is -1.63. The number of amides is 1. The van der Waals surface area contributed by atoms with Crippen LogP contribution in [0.25, 0.3) is 0 Å². The molecule has 0 bridgehead atoms. The number of hydrogen-bond acceptors (Lipinski definition) is 5. The minimum Gasteiger partial charge on any atom is -0.393 e. The first kappa shape index (κ1) is 26.8. The molecular formula is C22H24F4N2O4. The molecule has 0 aliphatic carbocycles. The van der Waals surface area contributed by atoms with Crippen LogP contribution in [0.3, 0.4) is 0 Å². The molecule has 10 heteroatoms. The molecule has 174 valence electrons. The Labute approximate surface area is 182 Å². The van der Waals surface area contributed by atoms with Gasteiger partial charge < -0.3 is 24.9 Å². The van der Waals surface area contributed by atoms with E-state index in [1.165, 1.54) is 12.1 Å². The van der Waals surface area contributed by atoms with Crippen molar-refractivity contribution in [3.63, 3.8) is 0 Å². The molecule has 2 unspecified atom stereocenters. The van der Waals surface area contributed by atoms with Crippen LogP contribution in [0, 0.1) is 29.2 Å². The average molecular weight is 456 g/mol. The zero-order valence-electron chi connectivity index (χ0n) is 17.4. The van der Waals surface area contributed by atoms with E-state index in [0.29, 0.717) is 38.1 Å². The van der Waals surface area contributed by atoms with Crippen LogP contribution in [0.1, 0.15) is 30.1 Å². The van der Waals surface area contributed by atoms with Crippen molar-refractivity contribution in [3.05, 3.63) is 59.2 Å². The molecule has 2 aromatic carbocycles. The molecule has 2 aromatic rings. The van der Waals surface area contributed by atoms with Gasteiger partial charge in [0.2, 0.25) is 0 Å². The Morgan fingerprint density at radius 3 is 2.22 bits per heavy atom. The summed E-state index contributed by atoms with van der Waals surface area (Å²) in [4.78, 5) is 30.2. The van der Waals surface area contributed by atoms with Gasteiger partial charge in [-0.1, -0.05) is 6.92 Å². The lowest BCUT2D eigenvalue weighted by atomic mass is 10.0. The maximum atomic E-state index is 14.4. The van der Waals surface area contributed by atoms with Gasteiger partial charge in [-0.05, 0) is 37.0 Å². The van der Waals surface area contributed by atoms with E-state index in [0.717, 1.165) is 6.07 Å². The number of aliphatic hydroxyl groups excluding tert-OH is 1. The molecule has 0 radical (unpaired) electrons. The Hall–Kier alpha value is -3.27. The van der Waals surface area contributed by atoms with E-state index < -0.39 is 35.3 Å². The molecule has 0 aromatic heterocycles. The Morgan fingerprint density at radius 1 is 1.03 bits per heavy atom. The number of halogens is 4. The first-order valence-corrected chi connectivity index (χ1v) is 9.50. The minimum absolute atomic E-state index is 0.0824. The second-order valence-electron chi connectivity index (χ2n) is 7.10. The summed E-state index contributed by atoms with van der Waals surface area (Å²) < 4.78 is 54.0. The highest BCUT2D eigenvalue weighted by Crippen LogP contribution is 2.27. The van der Waals surface area contributed by atoms with E-state index in [9.17, 15) is 27.5 Å². The highest BCUT2D eigenvalue weighted by Gasteiger charge is 2.23. The van der Waals surface area contributed by atoms with Gasteiger partial charge in [-0.3, -0.25) is 4.79 Å². The van der Waals surface area contributed by atoms with Gasteiger partial charge in [0.05, 0.1) is 11.8 Å². The molecule has 6 nitrogen and oxygen atoms in total. The van der Waals surface area contributed by atoms with Crippen LogP contribution >= 0.6 is 0 Å². The third-order valence-corrected chi connectivity index (χ3v) is 4.73. The van der Waals surface area contributed by atoms with E-state index >= 15 is 0 Å². The first-order chi connectivity index (χ1) is 15.2. The topological polar surface area (TPSA) is 86.7 Å². The summed E-state index contributed by atoms with van der Waals surface area (Å²) in [6.07, 6.45) is 0.631. The number of aliphatic hydroxyl groups is 1. The maximum Gasteiger partial charge on any atom is 0.255 e. The van der Waals surface area contributed by atoms with E-state index in [1.54, 1.807) is 4.90 Å². The summed E-state index contributed by atoms with van der Waals surface area (Å²) in [7, 11) is 0. The lowest BCUT2D eigenvalue weighted by Crippen LogP contribution is -2.28. The normalized spacial score (nSPS) is 17.8. The van der Waals surface area contributed by atoms with E-state index in [2.05, 4.69) is 5.32 Å². The predicted molar refractivity (Wildman–Crippen MR) is 112 cm³/mol. The fraction of sp³-hybridized carbons (Fsp3) is 0.318. The highest BCUT2D eigenvalue weighted by molar-refractivity contribution is 6.04. The van der Waals surface area contributed by atoms with Crippen molar-refractivity contribution >= 4 is 30.9 Å². The largest absolute Gasteiger partial charge is 0.393 e. The fourth-order valence-corrected chi connectivity index (χ4v) is 3.38. The van der Waals surface area contributed by atoms with Crippen LogP contribution in [-0.4, -0.2) is 43.8 Å². The van der Waals surface area contributed by atoms with Crippen molar-refractivity contribution in [2.24, 2.45) is 5.92 Å². The van der Waals surface area contributed by atoms with Gasteiger partial charge in [0.1, 0.15) is 19.4 Å². The highest BCUT2D eigenvalue weighted by atomic mass is 19.2. The molecule has 2 atom stereocenters. The van der Waals surface area contributed by atoms with Crippen LogP contribution in [0.15, 0.2) is 30.3 Å². The smallest absolute Gasteiger partial charge is 0.255 e. The van der Waals surface area contributed by atoms with Crippen molar-refractivity contribution in [3.8, 4) is 0 Å². The number of anilines is 2. The Bertz CT molecular complexity index is 904. The maximum absolute atomic E-state index is 14.4. The lowest BCUT2D eigenvalue weighted by molar-refractivity contribution is -0.0987. The van der Waals surface area contributed by atoms with Gasteiger partial charge in [-0.25, -0.2) is 17.6 Å². The molecule has 1 heterocycles. The number of rotatable bonds is 3. The van der Waals surface area contributed by atoms with Crippen molar-refractivity contribution < 1.29 is 37.1 Å². The SMILES string of the molecule is C=O.C=O.CC1CC(O)CCN(c2cc(C(=O)Nc3cc(F)c(F)c(F)c3)ccc2F)C1. The Morgan fingerprint density at radius 2 is 1.62 bits per heavy atom. The summed E-state index contributed by atoms with van der Waals surface area (Å²) in [5, 5.41) is 12.2. The molecule has 1 amide bonds. The van der Waals surface area contributed by atoms with Crippen molar-refractivity contribution in [2.75, 3.05) is 23.3 Å². The van der Waals surface area contributed by atoms with Crippen LogP contribution in [0.5, 0.6) is 0 Å². The van der Waals surface area contributed by atoms with Crippen molar-refractivity contribution in [1.29, 1.82) is 0 Å². The first-order valence-electron chi connectivity index (χ1n) is 9.50. The average Bonchev–Trinajstić information content (AvgIpc) is 2.94. The summed E-state index contributed by atoms with van der Waals surface area (Å²) in [5.41, 5.74) is 0.0443. The third-order valence-electron chi connectivity index (χ3n) is 4.73. The van der Waals surface area contributed by atoms with Crippen molar-refractivity contribution in [1.82, 2.24) is 0 Å². The summed E-state index contributed by atoms with van der Waals surface area (Å²) in [6.45, 7) is 6.91. The van der Waals surface area contributed by atoms with E-state index in [-0.39, 0.29) is 22.9 Å². The monoisotopic (exact) mass is 456 g/mol. The number of carbonyl (C=O) groups is 3. The second-order valence-corrected chi connectivity index (χ2v) is 7.10. The Kier molecular flexibility index (Phi) is 10.5. The molecule has 3 rings (SSSR count). The Balaban J connectivity index is 0.00000121. The zero-order chi connectivity index (χ0) is 24.4. The summed E-state index contributed by atoms with van der Waals surface area (Å²) >= 11 is 0. The number of nitrogens with zero attached hydrogens (tertiary/aromatic N) is 1.